The number of benzene rings is 1. The van der Waals surface area contributed by atoms with Crippen LogP contribution in [-0.2, 0) is 0 Å². The van der Waals surface area contributed by atoms with Gasteiger partial charge in [-0.3, -0.25) is 4.79 Å². The molecule has 1 aromatic heterocycles. The van der Waals surface area contributed by atoms with Gasteiger partial charge in [0.05, 0.1) is 5.69 Å². The molecule has 1 aliphatic rings. The molecule has 0 saturated heterocycles. The molecule has 0 spiro atoms. The molecule has 1 amide bonds. The van der Waals surface area contributed by atoms with E-state index in [1.807, 2.05) is 18.2 Å². The Kier molecular flexibility index (Phi) is 3.97. The number of hydrogen-bond donors (Lipinski definition) is 2. The minimum atomic E-state index is -0.0848. The van der Waals surface area contributed by atoms with E-state index >= 15 is 0 Å². The van der Waals surface area contributed by atoms with Gasteiger partial charge < -0.3 is 11.1 Å². The fourth-order valence-electron chi connectivity index (χ4n) is 3.05. The van der Waals surface area contributed by atoms with E-state index in [9.17, 15) is 4.79 Å². The van der Waals surface area contributed by atoms with E-state index in [-0.39, 0.29) is 11.4 Å². The predicted octanol–water partition coefficient (Wildman–Crippen LogP) is 4.70. The molecule has 0 radical (unpaired) electrons. The summed E-state index contributed by atoms with van der Waals surface area (Å²) in [6, 6.07) is 5.95. The normalized spacial score (nSPS) is 17.8. The van der Waals surface area contributed by atoms with Crippen molar-refractivity contribution in [1.29, 1.82) is 0 Å². The SMILES string of the molecule is CC1(NC(=O)c2sc3ccc(Br)cc3c2N)CCCCC1. The van der Waals surface area contributed by atoms with E-state index in [1.165, 1.54) is 30.6 Å². The summed E-state index contributed by atoms with van der Waals surface area (Å²) in [5, 5.41) is 4.16. The lowest BCUT2D eigenvalue weighted by Crippen LogP contribution is -2.47. The van der Waals surface area contributed by atoms with Crippen molar-refractivity contribution in [3.05, 3.63) is 27.5 Å². The molecule has 5 heteroatoms. The van der Waals surface area contributed by atoms with E-state index in [0.29, 0.717) is 10.6 Å². The highest BCUT2D eigenvalue weighted by molar-refractivity contribution is 9.10. The summed E-state index contributed by atoms with van der Waals surface area (Å²) in [6.07, 6.45) is 5.74. The number of rotatable bonds is 2. The molecule has 0 atom stereocenters. The van der Waals surface area contributed by atoms with E-state index in [2.05, 4.69) is 28.2 Å². The second-order valence-electron chi connectivity index (χ2n) is 6.06. The molecule has 0 aliphatic heterocycles. The first-order valence-electron chi connectivity index (χ1n) is 7.29. The summed E-state index contributed by atoms with van der Waals surface area (Å²) in [5.74, 6) is -0.0331. The molecule has 3 nitrogen and oxygen atoms in total. The molecule has 21 heavy (non-hydrogen) atoms. The monoisotopic (exact) mass is 366 g/mol. The van der Waals surface area contributed by atoms with Gasteiger partial charge in [-0.15, -0.1) is 11.3 Å². The van der Waals surface area contributed by atoms with Crippen LogP contribution in [0, 0.1) is 0 Å². The molecule has 2 aromatic rings. The smallest absolute Gasteiger partial charge is 0.263 e. The Morgan fingerprint density at radius 1 is 1.33 bits per heavy atom. The van der Waals surface area contributed by atoms with Crippen LogP contribution in [0.4, 0.5) is 5.69 Å². The Balaban J connectivity index is 1.89. The Hall–Kier alpha value is -1.07. The van der Waals surface area contributed by atoms with Crippen molar-refractivity contribution in [3.8, 4) is 0 Å². The number of halogens is 1. The second-order valence-corrected chi connectivity index (χ2v) is 8.03. The number of nitrogens with one attached hydrogen (secondary N) is 1. The Labute approximate surface area is 137 Å². The number of hydrogen-bond acceptors (Lipinski definition) is 3. The third-order valence-corrected chi connectivity index (χ3v) is 5.95. The summed E-state index contributed by atoms with van der Waals surface area (Å²) in [7, 11) is 0. The van der Waals surface area contributed by atoms with Crippen molar-refractivity contribution in [2.45, 2.75) is 44.6 Å². The number of nitrogen functional groups attached to an aromatic ring is 1. The lowest BCUT2D eigenvalue weighted by atomic mass is 9.83. The standard InChI is InChI=1S/C16H19BrN2OS/c1-16(7-3-2-4-8-16)19-15(20)14-13(18)11-9-10(17)5-6-12(11)21-14/h5-6,9H,2-4,7-8,18H2,1H3,(H,19,20). The lowest BCUT2D eigenvalue weighted by Gasteiger charge is -2.34. The maximum atomic E-state index is 12.6. The quantitative estimate of drug-likeness (QED) is 0.809. The van der Waals surface area contributed by atoms with Gasteiger partial charge in [0.2, 0.25) is 0 Å². The maximum absolute atomic E-state index is 12.6. The van der Waals surface area contributed by atoms with E-state index in [1.54, 1.807) is 0 Å². The first-order valence-corrected chi connectivity index (χ1v) is 8.89. The third-order valence-electron chi connectivity index (χ3n) is 4.27. The van der Waals surface area contributed by atoms with Gasteiger partial charge in [-0.1, -0.05) is 35.2 Å². The zero-order valence-electron chi connectivity index (χ0n) is 12.0. The Morgan fingerprint density at radius 2 is 2.05 bits per heavy atom. The van der Waals surface area contributed by atoms with Crippen LogP contribution in [0.25, 0.3) is 10.1 Å². The van der Waals surface area contributed by atoms with Crippen molar-refractivity contribution in [2.75, 3.05) is 5.73 Å². The number of amides is 1. The Bertz CT molecular complexity index is 689. The van der Waals surface area contributed by atoms with Gasteiger partial charge in [0.25, 0.3) is 5.91 Å². The lowest BCUT2D eigenvalue weighted by molar-refractivity contribution is 0.0888. The van der Waals surface area contributed by atoms with Crippen LogP contribution in [0.1, 0.15) is 48.7 Å². The van der Waals surface area contributed by atoms with Crippen LogP contribution in [0.3, 0.4) is 0 Å². The summed E-state index contributed by atoms with van der Waals surface area (Å²) >= 11 is 4.92. The van der Waals surface area contributed by atoms with Crippen molar-refractivity contribution in [1.82, 2.24) is 5.32 Å². The number of carbonyl (C=O) groups is 1. The van der Waals surface area contributed by atoms with Crippen LogP contribution < -0.4 is 11.1 Å². The number of thiophene rings is 1. The number of anilines is 1. The molecular formula is C16H19BrN2OS. The van der Waals surface area contributed by atoms with Gasteiger partial charge in [-0.2, -0.15) is 0 Å². The Morgan fingerprint density at radius 3 is 2.76 bits per heavy atom. The van der Waals surface area contributed by atoms with Crippen molar-refractivity contribution >= 4 is 48.9 Å². The van der Waals surface area contributed by atoms with Crippen LogP contribution >= 0.6 is 27.3 Å². The van der Waals surface area contributed by atoms with Gasteiger partial charge in [-0.25, -0.2) is 0 Å². The highest BCUT2D eigenvalue weighted by Crippen LogP contribution is 2.36. The van der Waals surface area contributed by atoms with Gasteiger partial charge in [0.15, 0.2) is 0 Å². The summed E-state index contributed by atoms with van der Waals surface area (Å²) in [6.45, 7) is 2.14. The van der Waals surface area contributed by atoms with Gasteiger partial charge >= 0.3 is 0 Å². The molecule has 3 N–H and O–H groups in total. The minimum Gasteiger partial charge on any atom is -0.397 e. The fourth-order valence-corrected chi connectivity index (χ4v) is 4.41. The first kappa shape index (κ1) is 14.9. The summed E-state index contributed by atoms with van der Waals surface area (Å²) < 4.78 is 2.03. The van der Waals surface area contributed by atoms with E-state index in [4.69, 9.17) is 5.73 Å². The molecule has 3 rings (SSSR count). The van der Waals surface area contributed by atoms with E-state index in [0.717, 1.165) is 27.4 Å². The van der Waals surface area contributed by atoms with E-state index < -0.39 is 0 Å². The molecule has 112 valence electrons. The third kappa shape index (κ3) is 2.94. The van der Waals surface area contributed by atoms with Crippen LogP contribution in [0.15, 0.2) is 22.7 Å². The molecule has 1 heterocycles. The van der Waals surface area contributed by atoms with Crippen LogP contribution in [0.2, 0.25) is 0 Å². The molecule has 1 saturated carbocycles. The van der Waals surface area contributed by atoms with Crippen LogP contribution in [0.5, 0.6) is 0 Å². The molecule has 0 unspecified atom stereocenters. The van der Waals surface area contributed by atoms with Gasteiger partial charge in [0, 0.05) is 20.1 Å². The van der Waals surface area contributed by atoms with Crippen LogP contribution in [-0.4, -0.2) is 11.4 Å². The zero-order valence-corrected chi connectivity index (χ0v) is 14.4. The first-order chi connectivity index (χ1) is 9.98. The maximum Gasteiger partial charge on any atom is 0.263 e. The predicted molar refractivity (Wildman–Crippen MR) is 92.9 cm³/mol. The topological polar surface area (TPSA) is 55.1 Å². The molecule has 1 fully saturated rings. The molecule has 1 aromatic carbocycles. The summed E-state index contributed by atoms with van der Waals surface area (Å²) in [4.78, 5) is 13.2. The highest BCUT2D eigenvalue weighted by atomic mass is 79.9. The number of nitrogens with two attached hydrogens (primary N) is 1. The number of fused-ring (bicyclic) bond motifs is 1. The van der Waals surface area contributed by atoms with Gasteiger partial charge in [-0.05, 0) is 38.0 Å². The van der Waals surface area contributed by atoms with Crippen molar-refractivity contribution in [2.24, 2.45) is 0 Å². The average Bonchev–Trinajstić information content (AvgIpc) is 2.76. The average molecular weight is 367 g/mol. The van der Waals surface area contributed by atoms with Crippen molar-refractivity contribution in [3.63, 3.8) is 0 Å². The number of carbonyl (C=O) groups excluding carboxylic acids is 1. The highest BCUT2D eigenvalue weighted by Gasteiger charge is 2.30. The zero-order chi connectivity index (χ0) is 15.0. The van der Waals surface area contributed by atoms with Crippen molar-refractivity contribution < 1.29 is 4.79 Å². The minimum absolute atomic E-state index is 0.0331. The summed E-state index contributed by atoms with van der Waals surface area (Å²) in [5.41, 5.74) is 6.69. The fraction of sp³-hybridized carbons (Fsp3) is 0.438. The second kappa shape index (κ2) is 5.61. The largest absolute Gasteiger partial charge is 0.397 e. The molecular weight excluding hydrogens is 348 g/mol. The molecule has 0 bridgehead atoms. The molecule has 1 aliphatic carbocycles. The van der Waals surface area contributed by atoms with Gasteiger partial charge in [0.1, 0.15) is 4.88 Å².